The first kappa shape index (κ1) is 28.8. The number of benzene rings is 2. The highest BCUT2D eigenvalue weighted by molar-refractivity contribution is 7.92. The van der Waals surface area contributed by atoms with Crippen molar-refractivity contribution in [2.24, 2.45) is 5.92 Å². The Morgan fingerprint density at radius 1 is 0.974 bits per heavy atom. The Bertz CT molecular complexity index is 1390. The second kappa shape index (κ2) is 10.4. The number of sulfone groups is 2. The van der Waals surface area contributed by atoms with Gasteiger partial charge in [-0.1, -0.05) is 13.3 Å². The summed E-state index contributed by atoms with van der Waals surface area (Å²) < 4.78 is 132. The molecule has 0 bridgehead atoms. The van der Waals surface area contributed by atoms with E-state index in [1.54, 1.807) is 0 Å². The van der Waals surface area contributed by atoms with E-state index in [2.05, 4.69) is 0 Å². The minimum Gasteiger partial charge on any atom is -0.490 e. The van der Waals surface area contributed by atoms with Crippen molar-refractivity contribution in [1.29, 1.82) is 0 Å². The van der Waals surface area contributed by atoms with Crippen molar-refractivity contribution in [3.05, 3.63) is 59.2 Å². The van der Waals surface area contributed by atoms with Gasteiger partial charge in [0.15, 0.2) is 21.4 Å². The van der Waals surface area contributed by atoms with Crippen LogP contribution >= 0.6 is 0 Å². The van der Waals surface area contributed by atoms with Crippen molar-refractivity contribution >= 4 is 19.7 Å². The molecule has 2 heterocycles. The fourth-order valence-corrected chi connectivity index (χ4v) is 9.17. The van der Waals surface area contributed by atoms with Gasteiger partial charge in [-0.15, -0.1) is 0 Å². The van der Waals surface area contributed by atoms with E-state index in [1.165, 1.54) is 0 Å². The first-order chi connectivity index (χ1) is 17.7. The van der Waals surface area contributed by atoms with Crippen molar-refractivity contribution in [2.75, 3.05) is 24.7 Å². The maximum absolute atomic E-state index is 15.4. The molecule has 38 heavy (non-hydrogen) atoms. The van der Waals surface area contributed by atoms with Crippen molar-refractivity contribution in [3.8, 4) is 5.75 Å². The molecule has 13 heteroatoms. The molecule has 2 aliphatic rings. The van der Waals surface area contributed by atoms with Gasteiger partial charge in [0.05, 0.1) is 40.2 Å². The molecule has 2 aromatic carbocycles. The SMILES string of the molecule is CCCCS(=O)(=O)CC[C@@H]1OCC[C@@]2(S(=O)(=O)c3ccc(C(F)(F)F)cc3)c3c(F)ccc(F)c3OC[C@@H]12. The van der Waals surface area contributed by atoms with Gasteiger partial charge in [-0.05, 0) is 55.7 Å². The first-order valence-electron chi connectivity index (χ1n) is 12.1. The standard InChI is InChI=1S/C25H27F5O6S2/c1-2-3-13-37(31,32)14-10-21-18-15-36-23-20(27)9-8-19(26)22(23)24(18,11-12-35-21)38(33,34)17-6-4-16(5-7-17)25(28,29)30/h4-9,18,21H,2-3,10-15H2,1H3/t18-,21-,24-/m0/s1. The van der Waals surface area contributed by atoms with Crippen LogP contribution in [0.5, 0.6) is 5.75 Å². The van der Waals surface area contributed by atoms with Crippen LogP contribution < -0.4 is 4.74 Å². The Labute approximate surface area is 218 Å². The van der Waals surface area contributed by atoms with Crippen molar-refractivity contribution < 1.29 is 48.3 Å². The molecule has 1 saturated heterocycles. The smallest absolute Gasteiger partial charge is 0.416 e. The molecule has 1 fully saturated rings. The van der Waals surface area contributed by atoms with Gasteiger partial charge in [-0.3, -0.25) is 0 Å². The van der Waals surface area contributed by atoms with Crippen molar-refractivity contribution in [1.82, 2.24) is 0 Å². The van der Waals surface area contributed by atoms with E-state index in [1.807, 2.05) is 6.92 Å². The number of unbranched alkanes of at least 4 members (excludes halogenated alkanes) is 1. The van der Waals surface area contributed by atoms with Crippen LogP contribution in [-0.4, -0.2) is 47.7 Å². The summed E-state index contributed by atoms with van der Waals surface area (Å²) in [5.74, 6) is -4.18. The number of ether oxygens (including phenoxy) is 2. The van der Waals surface area contributed by atoms with Gasteiger partial charge < -0.3 is 9.47 Å². The van der Waals surface area contributed by atoms with E-state index in [0.29, 0.717) is 25.0 Å². The number of hydrogen-bond acceptors (Lipinski definition) is 6. The zero-order chi connectivity index (χ0) is 27.9. The Morgan fingerprint density at radius 3 is 2.26 bits per heavy atom. The molecule has 210 valence electrons. The molecule has 2 aromatic rings. The summed E-state index contributed by atoms with van der Waals surface area (Å²) in [5, 5.41) is 0. The molecule has 2 aliphatic heterocycles. The summed E-state index contributed by atoms with van der Waals surface area (Å²) in [4.78, 5) is -0.511. The molecular weight excluding hydrogens is 555 g/mol. The van der Waals surface area contributed by atoms with Crippen LogP contribution in [0.1, 0.15) is 43.7 Å². The van der Waals surface area contributed by atoms with Crippen molar-refractivity contribution in [3.63, 3.8) is 0 Å². The lowest BCUT2D eigenvalue weighted by Crippen LogP contribution is -2.57. The highest BCUT2D eigenvalue weighted by Crippen LogP contribution is 2.56. The van der Waals surface area contributed by atoms with Crippen LogP contribution in [0.2, 0.25) is 0 Å². The molecule has 0 N–H and O–H groups in total. The van der Waals surface area contributed by atoms with Crippen molar-refractivity contribution in [2.45, 2.75) is 54.5 Å². The van der Waals surface area contributed by atoms with Gasteiger partial charge in [0, 0.05) is 12.5 Å². The molecule has 3 atom stereocenters. The van der Waals surface area contributed by atoms with Gasteiger partial charge in [0.2, 0.25) is 0 Å². The van der Waals surface area contributed by atoms with E-state index < -0.39 is 82.6 Å². The average Bonchev–Trinajstić information content (AvgIpc) is 2.87. The van der Waals surface area contributed by atoms with Crippen LogP contribution in [0.4, 0.5) is 22.0 Å². The molecule has 4 rings (SSSR count). The third-order valence-corrected chi connectivity index (χ3v) is 11.6. The normalized spacial score (nSPS) is 23.8. The third kappa shape index (κ3) is 5.04. The van der Waals surface area contributed by atoms with Gasteiger partial charge in [0.1, 0.15) is 20.4 Å². The molecule has 0 spiro atoms. The zero-order valence-corrected chi connectivity index (χ0v) is 22.1. The molecule has 0 saturated carbocycles. The molecule has 0 amide bonds. The van der Waals surface area contributed by atoms with Gasteiger partial charge >= 0.3 is 6.18 Å². The van der Waals surface area contributed by atoms with E-state index >= 15 is 4.39 Å². The highest BCUT2D eigenvalue weighted by Gasteiger charge is 2.61. The number of halogens is 5. The maximum atomic E-state index is 15.4. The minimum absolute atomic E-state index is 0.0605. The summed E-state index contributed by atoms with van der Waals surface area (Å²) >= 11 is 0. The quantitative estimate of drug-likeness (QED) is 0.405. The fourth-order valence-electron chi connectivity index (χ4n) is 5.31. The largest absolute Gasteiger partial charge is 0.490 e. The molecule has 0 radical (unpaired) electrons. The lowest BCUT2D eigenvalue weighted by atomic mass is 9.75. The Balaban J connectivity index is 1.84. The van der Waals surface area contributed by atoms with Crippen LogP contribution in [0.15, 0.2) is 41.3 Å². The topological polar surface area (TPSA) is 86.7 Å². The molecule has 6 nitrogen and oxygen atoms in total. The third-order valence-electron chi connectivity index (χ3n) is 7.24. The van der Waals surface area contributed by atoms with Crippen LogP contribution in [0, 0.1) is 17.6 Å². The molecule has 0 aromatic heterocycles. The van der Waals surface area contributed by atoms with E-state index in [0.717, 1.165) is 24.3 Å². The average molecular weight is 583 g/mol. The molecule has 0 aliphatic carbocycles. The highest BCUT2D eigenvalue weighted by atomic mass is 32.2. The van der Waals surface area contributed by atoms with Crippen LogP contribution in [-0.2, 0) is 35.3 Å². The predicted octanol–water partition coefficient (Wildman–Crippen LogP) is 5.06. The summed E-state index contributed by atoms with van der Waals surface area (Å²) in [5.41, 5.74) is -1.63. The summed E-state index contributed by atoms with van der Waals surface area (Å²) in [6.07, 6.45) is -5.07. The van der Waals surface area contributed by atoms with Gasteiger partial charge in [0.25, 0.3) is 0 Å². The lowest BCUT2D eigenvalue weighted by Gasteiger charge is -2.50. The van der Waals surface area contributed by atoms with Gasteiger partial charge in [-0.25, -0.2) is 25.6 Å². The molecular formula is C25H27F5O6S2. The Hall–Kier alpha value is -2.25. The monoisotopic (exact) mass is 582 g/mol. The van der Waals surface area contributed by atoms with Gasteiger partial charge in [-0.2, -0.15) is 13.2 Å². The number of hydrogen-bond donors (Lipinski definition) is 0. The van der Waals surface area contributed by atoms with E-state index in [9.17, 15) is 34.4 Å². The number of alkyl halides is 3. The van der Waals surface area contributed by atoms with Crippen LogP contribution in [0.25, 0.3) is 0 Å². The fraction of sp³-hybridized carbons (Fsp3) is 0.520. The maximum Gasteiger partial charge on any atom is 0.416 e. The number of rotatable bonds is 8. The minimum atomic E-state index is -4.71. The predicted molar refractivity (Wildman–Crippen MR) is 128 cm³/mol. The zero-order valence-electron chi connectivity index (χ0n) is 20.4. The summed E-state index contributed by atoms with van der Waals surface area (Å²) in [6.45, 7) is 1.18. The summed E-state index contributed by atoms with van der Waals surface area (Å²) in [7, 11) is -8.18. The second-order valence-corrected chi connectivity index (χ2v) is 14.0. The Morgan fingerprint density at radius 2 is 1.63 bits per heavy atom. The van der Waals surface area contributed by atoms with E-state index in [4.69, 9.17) is 9.47 Å². The van der Waals surface area contributed by atoms with E-state index in [-0.39, 0.29) is 31.0 Å². The summed E-state index contributed by atoms with van der Waals surface area (Å²) in [6, 6.07) is 4.36. The number of fused-ring (bicyclic) bond motifs is 3. The lowest BCUT2D eigenvalue weighted by molar-refractivity contribution is -0.137. The second-order valence-electron chi connectivity index (χ2n) is 9.52. The first-order valence-corrected chi connectivity index (χ1v) is 15.4. The van der Waals surface area contributed by atoms with Crippen LogP contribution in [0.3, 0.4) is 0 Å². The Kier molecular flexibility index (Phi) is 7.85. The molecule has 0 unspecified atom stereocenters.